The van der Waals surface area contributed by atoms with Crippen molar-refractivity contribution < 1.29 is 24.5 Å². The number of aromatic carboxylic acids is 1. The zero-order valence-electron chi connectivity index (χ0n) is 16.4. The van der Waals surface area contributed by atoms with Gasteiger partial charge in [0.05, 0.1) is 5.56 Å². The molecule has 0 spiro atoms. The Morgan fingerprint density at radius 1 is 1.00 bits per heavy atom. The highest BCUT2D eigenvalue weighted by Crippen LogP contribution is 2.28. The summed E-state index contributed by atoms with van der Waals surface area (Å²) in [5.74, 6) is -1.21. The molecule has 0 saturated heterocycles. The largest absolute Gasteiger partial charge is 0.508 e. The van der Waals surface area contributed by atoms with E-state index in [2.05, 4.69) is 18.7 Å². The first-order valence-corrected chi connectivity index (χ1v) is 9.49. The van der Waals surface area contributed by atoms with Crippen LogP contribution in [0.3, 0.4) is 0 Å². The number of carboxylic acid groups (broad SMARTS) is 1. The smallest absolute Gasteiger partial charge is 0.339 e. The number of nitrogens with zero attached hydrogens (tertiary/aromatic N) is 1. The summed E-state index contributed by atoms with van der Waals surface area (Å²) in [6.45, 7) is 6.78. The van der Waals surface area contributed by atoms with E-state index in [1.54, 1.807) is 30.3 Å². The highest BCUT2D eigenvalue weighted by Gasteiger charge is 2.20. The molecular formula is C22H27NO5. The molecular weight excluding hydrogens is 358 g/mol. The number of ketones is 1. The van der Waals surface area contributed by atoms with Crippen LogP contribution in [0.5, 0.6) is 11.5 Å². The molecule has 0 radical (unpaired) electrons. The second kappa shape index (κ2) is 10.5. The molecule has 6 nitrogen and oxygen atoms in total. The molecule has 150 valence electrons. The molecule has 0 aliphatic carbocycles. The van der Waals surface area contributed by atoms with Crippen LogP contribution in [0.1, 0.15) is 53.0 Å². The number of phenolic OH excluding ortho intramolecular Hbond substituents is 1. The molecule has 0 aliphatic rings. The summed E-state index contributed by atoms with van der Waals surface area (Å²) in [7, 11) is 0. The topological polar surface area (TPSA) is 87.1 Å². The molecule has 6 heteroatoms. The normalized spacial score (nSPS) is 10.8. The predicted molar refractivity (Wildman–Crippen MR) is 107 cm³/mol. The maximum absolute atomic E-state index is 12.7. The van der Waals surface area contributed by atoms with Crippen LogP contribution in [-0.4, -0.2) is 46.5 Å². The third-order valence-corrected chi connectivity index (χ3v) is 4.68. The minimum atomic E-state index is -1.16. The monoisotopic (exact) mass is 385 g/mol. The number of Topliss-reactive ketones (excluding diaryl/α,β-unsaturated/α-hetero) is 1. The fraction of sp³-hybridized carbons (Fsp3) is 0.364. The van der Waals surface area contributed by atoms with Crippen molar-refractivity contribution in [2.45, 2.75) is 33.3 Å². The zero-order valence-corrected chi connectivity index (χ0v) is 16.4. The standard InChI is InChI=1S/C22H27NO5/c1-3-23(4-2)14-8-13-20(25)17-10-7-11-18(22(26)27)21(17)28-15-16-9-5-6-12-19(16)24/h5-7,9-12,24H,3-4,8,13-15H2,1-2H3,(H,26,27). The molecule has 2 aromatic rings. The van der Waals surface area contributed by atoms with Crippen LogP contribution >= 0.6 is 0 Å². The van der Waals surface area contributed by atoms with Crippen molar-refractivity contribution in [3.63, 3.8) is 0 Å². The van der Waals surface area contributed by atoms with Crippen LogP contribution in [0.4, 0.5) is 0 Å². The van der Waals surface area contributed by atoms with Gasteiger partial charge in [-0.05, 0) is 44.3 Å². The molecule has 0 bridgehead atoms. The fourth-order valence-corrected chi connectivity index (χ4v) is 3.00. The number of phenols is 1. The maximum Gasteiger partial charge on any atom is 0.339 e. The molecule has 0 atom stereocenters. The van der Waals surface area contributed by atoms with Gasteiger partial charge in [-0.3, -0.25) is 4.79 Å². The first kappa shape index (κ1) is 21.4. The molecule has 2 aromatic carbocycles. The SMILES string of the molecule is CCN(CC)CCCC(=O)c1cccc(C(=O)O)c1OCc1ccccc1O. The van der Waals surface area contributed by atoms with E-state index < -0.39 is 5.97 Å². The van der Waals surface area contributed by atoms with E-state index in [1.165, 1.54) is 12.1 Å². The summed E-state index contributed by atoms with van der Waals surface area (Å²) in [4.78, 5) is 26.6. The van der Waals surface area contributed by atoms with Crippen molar-refractivity contribution >= 4 is 11.8 Å². The number of ether oxygens (including phenoxy) is 1. The average Bonchev–Trinajstić information content (AvgIpc) is 2.70. The number of aromatic hydroxyl groups is 1. The molecule has 0 unspecified atom stereocenters. The Balaban J connectivity index is 2.19. The summed E-state index contributed by atoms with van der Waals surface area (Å²) in [6, 6.07) is 11.2. The van der Waals surface area contributed by atoms with Gasteiger partial charge in [0, 0.05) is 12.0 Å². The highest BCUT2D eigenvalue weighted by molar-refractivity contribution is 6.03. The van der Waals surface area contributed by atoms with Gasteiger partial charge in [-0.1, -0.05) is 38.1 Å². The van der Waals surface area contributed by atoms with Gasteiger partial charge >= 0.3 is 5.97 Å². The Labute approximate surface area is 165 Å². The summed E-state index contributed by atoms with van der Waals surface area (Å²) in [5, 5.41) is 19.4. The Morgan fingerprint density at radius 3 is 2.32 bits per heavy atom. The first-order valence-electron chi connectivity index (χ1n) is 9.49. The van der Waals surface area contributed by atoms with Crippen LogP contribution in [0, 0.1) is 0 Å². The maximum atomic E-state index is 12.7. The van der Waals surface area contributed by atoms with Gasteiger partial charge in [0.25, 0.3) is 0 Å². The first-order chi connectivity index (χ1) is 13.5. The average molecular weight is 385 g/mol. The van der Waals surface area contributed by atoms with E-state index in [0.29, 0.717) is 18.4 Å². The third-order valence-electron chi connectivity index (χ3n) is 4.68. The van der Waals surface area contributed by atoms with Crippen molar-refractivity contribution in [2.24, 2.45) is 0 Å². The van der Waals surface area contributed by atoms with Gasteiger partial charge in [-0.25, -0.2) is 4.79 Å². The quantitative estimate of drug-likeness (QED) is 0.569. The van der Waals surface area contributed by atoms with E-state index in [4.69, 9.17) is 4.74 Å². The van der Waals surface area contributed by atoms with Crippen molar-refractivity contribution in [1.82, 2.24) is 4.90 Å². The number of hydrogen-bond donors (Lipinski definition) is 2. The molecule has 0 amide bonds. The molecule has 0 fully saturated rings. The van der Waals surface area contributed by atoms with Crippen molar-refractivity contribution in [3.05, 3.63) is 59.2 Å². The minimum Gasteiger partial charge on any atom is -0.508 e. The van der Waals surface area contributed by atoms with Crippen LogP contribution in [0.25, 0.3) is 0 Å². The predicted octanol–water partition coefficient (Wildman–Crippen LogP) is 3.97. The molecule has 0 saturated carbocycles. The van der Waals surface area contributed by atoms with Crippen molar-refractivity contribution in [2.75, 3.05) is 19.6 Å². The number of benzene rings is 2. The molecule has 2 rings (SSSR count). The van der Waals surface area contributed by atoms with Crippen LogP contribution in [0.15, 0.2) is 42.5 Å². The van der Waals surface area contributed by atoms with Gasteiger partial charge in [0.1, 0.15) is 23.7 Å². The van der Waals surface area contributed by atoms with Crippen LogP contribution in [-0.2, 0) is 6.61 Å². The van der Waals surface area contributed by atoms with E-state index >= 15 is 0 Å². The van der Waals surface area contributed by atoms with Gasteiger partial charge < -0.3 is 19.8 Å². The van der Waals surface area contributed by atoms with Crippen molar-refractivity contribution in [3.8, 4) is 11.5 Å². The lowest BCUT2D eigenvalue weighted by molar-refractivity contribution is 0.0691. The Morgan fingerprint density at radius 2 is 1.68 bits per heavy atom. The number of hydrogen-bond acceptors (Lipinski definition) is 5. The Kier molecular flexibility index (Phi) is 8.02. The summed E-state index contributed by atoms with van der Waals surface area (Å²) >= 11 is 0. The van der Waals surface area contributed by atoms with Gasteiger partial charge in [-0.2, -0.15) is 0 Å². The van der Waals surface area contributed by atoms with E-state index in [9.17, 15) is 19.8 Å². The number of rotatable bonds is 11. The summed E-state index contributed by atoms with van der Waals surface area (Å²) in [6.07, 6.45) is 1.00. The molecule has 2 N–H and O–H groups in total. The number of para-hydroxylation sites is 2. The Bertz CT molecular complexity index is 814. The van der Waals surface area contributed by atoms with E-state index in [0.717, 1.165) is 19.6 Å². The molecule has 0 heterocycles. The van der Waals surface area contributed by atoms with Gasteiger partial charge in [0.2, 0.25) is 0 Å². The lowest BCUT2D eigenvalue weighted by Gasteiger charge is -2.18. The summed E-state index contributed by atoms with van der Waals surface area (Å²) in [5.41, 5.74) is 0.711. The molecule has 28 heavy (non-hydrogen) atoms. The van der Waals surface area contributed by atoms with Gasteiger partial charge in [-0.15, -0.1) is 0 Å². The van der Waals surface area contributed by atoms with Crippen molar-refractivity contribution in [1.29, 1.82) is 0 Å². The minimum absolute atomic E-state index is 0.0311. The second-order valence-corrected chi connectivity index (χ2v) is 6.46. The van der Waals surface area contributed by atoms with E-state index in [1.807, 2.05) is 0 Å². The lowest BCUT2D eigenvalue weighted by atomic mass is 10.0. The fourth-order valence-electron chi connectivity index (χ4n) is 3.00. The second-order valence-electron chi connectivity index (χ2n) is 6.46. The number of carbonyl (C=O) groups is 2. The van der Waals surface area contributed by atoms with Gasteiger partial charge in [0.15, 0.2) is 5.78 Å². The van der Waals surface area contributed by atoms with Crippen LogP contribution < -0.4 is 4.74 Å². The van der Waals surface area contributed by atoms with Crippen LogP contribution in [0.2, 0.25) is 0 Å². The number of carbonyl (C=O) groups excluding carboxylic acids is 1. The van der Waals surface area contributed by atoms with E-state index in [-0.39, 0.29) is 35.0 Å². The Hall–Kier alpha value is -2.86. The molecule has 0 aliphatic heterocycles. The number of carboxylic acids is 1. The highest BCUT2D eigenvalue weighted by atomic mass is 16.5. The zero-order chi connectivity index (χ0) is 20.5. The molecule has 0 aromatic heterocycles. The lowest BCUT2D eigenvalue weighted by Crippen LogP contribution is -2.24. The third kappa shape index (κ3) is 5.57. The summed E-state index contributed by atoms with van der Waals surface area (Å²) < 4.78 is 5.72.